The third-order valence-corrected chi connectivity index (χ3v) is 3.24. The molecule has 2 heterocycles. The predicted octanol–water partition coefficient (Wildman–Crippen LogP) is 1.81. The number of hydrogen-bond donors (Lipinski definition) is 1. The van der Waals surface area contributed by atoms with Crippen molar-refractivity contribution in [2.45, 2.75) is 12.6 Å². The minimum Gasteiger partial charge on any atom is -0.378 e. The van der Waals surface area contributed by atoms with E-state index in [4.69, 9.17) is 16.3 Å². The molecule has 0 atom stereocenters. The number of halogens is 4. The molecule has 1 amide bonds. The van der Waals surface area contributed by atoms with Gasteiger partial charge in [0.1, 0.15) is 11.4 Å². The molecular formula is C12H14ClF3N4O2. The Morgan fingerprint density at radius 2 is 2.09 bits per heavy atom. The maximum atomic E-state index is 12.8. The Hall–Kier alpha value is -1.61. The number of nitrogens with one attached hydrogen (secondary N) is 1. The lowest BCUT2D eigenvalue weighted by Gasteiger charge is -2.27. The van der Waals surface area contributed by atoms with E-state index in [-0.39, 0.29) is 24.2 Å². The number of hydrogen-bond acceptors (Lipinski definition) is 5. The smallest absolute Gasteiger partial charge is 0.378 e. The van der Waals surface area contributed by atoms with Crippen LogP contribution in [0.4, 0.5) is 19.0 Å². The Balaban J connectivity index is 1.93. The summed E-state index contributed by atoms with van der Waals surface area (Å²) in [6, 6.07) is 0. The zero-order chi connectivity index (χ0) is 16.2. The number of carbonyl (C=O) groups is 1. The van der Waals surface area contributed by atoms with Crippen LogP contribution < -0.4 is 5.32 Å². The van der Waals surface area contributed by atoms with Gasteiger partial charge >= 0.3 is 6.18 Å². The van der Waals surface area contributed by atoms with E-state index in [0.717, 1.165) is 0 Å². The second-order valence-corrected chi connectivity index (χ2v) is 4.91. The summed E-state index contributed by atoms with van der Waals surface area (Å²) in [5.74, 6) is -0.577. The van der Waals surface area contributed by atoms with E-state index in [1.165, 1.54) is 0 Å². The summed E-state index contributed by atoms with van der Waals surface area (Å²) in [6.07, 6.45) is -3.93. The number of alkyl halides is 3. The zero-order valence-corrected chi connectivity index (χ0v) is 12.2. The third-order valence-electron chi connectivity index (χ3n) is 3.06. The molecule has 0 saturated carbocycles. The molecule has 0 radical (unpaired) electrons. The average Bonchev–Trinajstić information content (AvgIpc) is 2.47. The first-order valence-electron chi connectivity index (χ1n) is 6.57. The number of aromatic nitrogens is 2. The normalized spacial score (nSPS) is 15.7. The van der Waals surface area contributed by atoms with Crippen molar-refractivity contribution in [1.82, 2.24) is 14.9 Å². The fraction of sp³-hybridized carbons (Fsp3) is 0.583. The van der Waals surface area contributed by atoms with E-state index in [1.807, 2.05) is 0 Å². The highest BCUT2D eigenvalue weighted by Gasteiger charge is 2.35. The number of rotatable bonds is 4. The van der Waals surface area contributed by atoms with Gasteiger partial charge in [0.25, 0.3) is 0 Å². The predicted molar refractivity (Wildman–Crippen MR) is 72.5 cm³/mol. The molecule has 0 spiro atoms. The van der Waals surface area contributed by atoms with Gasteiger partial charge in [0.15, 0.2) is 0 Å². The maximum Gasteiger partial charge on any atom is 0.421 e. The summed E-state index contributed by atoms with van der Waals surface area (Å²) in [5, 5.41) is 2.20. The molecule has 10 heteroatoms. The molecule has 1 fully saturated rings. The van der Waals surface area contributed by atoms with Crippen molar-refractivity contribution in [3.05, 3.63) is 17.0 Å². The summed E-state index contributed by atoms with van der Waals surface area (Å²) in [4.78, 5) is 20.4. The van der Waals surface area contributed by atoms with Gasteiger partial charge in [0.05, 0.1) is 13.2 Å². The number of carbonyl (C=O) groups excluding carboxylic acids is 1. The van der Waals surface area contributed by atoms with Crippen LogP contribution in [0.1, 0.15) is 12.0 Å². The first-order chi connectivity index (χ1) is 10.4. The molecule has 1 aliphatic rings. The molecule has 1 aromatic heterocycles. The van der Waals surface area contributed by atoms with Crippen LogP contribution in [0.15, 0.2) is 6.20 Å². The van der Waals surface area contributed by atoms with Crippen LogP contribution in [-0.2, 0) is 15.7 Å². The number of ether oxygens (including phenoxy) is 1. The highest BCUT2D eigenvalue weighted by Crippen LogP contribution is 2.33. The number of amides is 1. The first-order valence-corrected chi connectivity index (χ1v) is 6.95. The Morgan fingerprint density at radius 1 is 1.41 bits per heavy atom. The molecule has 1 aliphatic heterocycles. The van der Waals surface area contributed by atoms with Crippen LogP contribution >= 0.6 is 11.6 Å². The van der Waals surface area contributed by atoms with Crippen molar-refractivity contribution in [3.63, 3.8) is 0 Å². The van der Waals surface area contributed by atoms with Gasteiger partial charge in [-0.05, 0) is 11.6 Å². The lowest BCUT2D eigenvalue weighted by atomic mass is 10.3. The lowest BCUT2D eigenvalue weighted by Crippen LogP contribution is -2.41. The molecule has 1 saturated heterocycles. The molecule has 0 aliphatic carbocycles. The molecule has 0 aromatic carbocycles. The Labute approximate surface area is 129 Å². The van der Waals surface area contributed by atoms with Gasteiger partial charge in [-0.25, -0.2) is 9.97 Å². The Bertz CT molecular complexity index is 536. The van der Waals surface area contributed by atoms with E-state index < -0.39 is 17.6 Å². The minimum absolute atomic E-state index is 0.0204. The summed E-state index contributed by atoms with van der Waals surface area (Å²) >= 11 is 5.51. The van der Waals surface area contributed by atoms with E-state index in [1.54, 1.807) is 4.90 Å². The topological polar surface area (TPSA) is 67.4 Å². The second-order valence-electron chi connectivity index (χ2n) is 4.57. The van der Waals surface area contributed by atoms with Gasteiger partial charge < -0.3 is 15.0 Å². The van der Waals surface area contributed by atoms with Crippen molar-refractivity contribution < 1.29 is 22.7 Å². The van der Waals surface area contributed by atoms with Crippen molar-refractivity contribution in [1.29, 1.82) is 0 Å². The van der Waals surface area contributed by atoms with Crippen LogP contribution in [0.25, 0.3) is 0 Å². The van der Waals surface area contributed by atoms with Gasteiger partial charge in [-0.3, -0.25) is 4.79 Å². The van der Waals surface area contributed by atoms with Gasteiger partial charge in [-0.15, -0.1) is 0 Å². The van der Waals surface area contributed by atoms with Gasteiger partial charge in [0.2, 0.25) is 11.2 Å². The highest BCUT2D eigenvalue weighted by molar-refractivity contribution is 6.28. The molecule has 2 rings (SSSR count). The fourth-order valence-corrected chi connectivity index (χ4v) is 2.09. The fourth-order valence-electron chi connectivity index (χ4n) is 1.96. The van der Waals surface area contributed by atoms with E-state index >= 15 is 0 Å². The maximum absolute atomic E-state index is 12.8. The van der Waals surface area contributed by atoms with Crippen LogP contribution in [0.3, 0.4) is 0 Å². The van der Waals surface area contributed by atoms with Crippen molar-refractivity contribution in [2.24, 2.45) is 0 Å². The van der Waals surface area contributed by atoms with Crippen LogP contribution in [0.2, 0.25) is 5.28 Å². The molecule has 1 N–H and O–H groups in total. The Kier molecular flexibility index (Phi) is 5.41. The number of morpholine rings is 1. The largest absolute Gasteiger partial charge is 0.421 e. The molecule has 6 nitrogen and oxygen atoms in total. The van der Waals surface area contributed by atoms with Crippen molar-refractivity contribution in [2.75, 3.05) is 38.2 Å². The summed E-state index contributed by atoms with van der Waals surface area (Å²) in [7, 11) is 0. The molecule has 1 aromatic rings. The van der Waals surface area contributed by atoms with E-state index in [9.17, 15) is 18.0 Å². The highest BCUT2D eigenvalue weighted by atomic mass is 35.5. The van der Waals surface area contributed by atoms with Crippen molar-refractivity contribution >= 4 is 23.3 Å². The van der Waals surface area contributed by atoms with Crippen LogP contribution in [-0.4, -0.2) is 53.6 Å². The van der Waals surface area contributed by atoms with Crippen LogP contribution in [0.5, 0.6) is 0 Å². The molecule has 22 heavy (non-hydrogen) atoms. The monoisotopic (exact) mass is 338 g/mol. The molecule has 122 valence electrons. The van der Waals surface area contributed by atoms with Gasteiger partial charge in [-0.1, -0.05) is 0 Å². The van der Waals surface area contributed by atoms with Gasteiger partial charge in [-0.2, -0.15) is 13.2 Å². The molecule has 0 unspecified atom stereocenters. The quantitative estimate of drug-likeness (QED) is 0.848. The standard InChI is InChI=1S/C12H14ClF3N4O2/c13-11-18-7-8(12(14,15)16)10(19-11)17-2-1-9(21)20-3-5-22-6-4-20/h7H,1-6H2,(H,17,18,19). The van der Waals surface area contributed by atoms with E-state index in [0.29, 0.717) is 32.5 Å². The number of nitrogens with zero attached hydrogens (tertiary/aromatic N) is 3. The summed E-state index contributed by atoms with van der Waals surface area (Å²) in [5.41, 5.74) is -1.02. The van der Waals surface area contributed by atoms with Crippen LogP contribution in [0, 0.1) is 0 Å². The minimum atomic E-state index is -4.60. The first kappa shape index (κ1) is 16.8. The molecule has 0 bridgehead atoms. The summed E-state index contributed by atoms with van der Waals surface area (Å²) in [6.45, 7) is 1.95. The Morgan fingerprint density at radius 3 is 2.73 bits per heavy atom. The van der Waals surface area contributed by atoms with Gasteiger partial charge in [0, 0.05) is 32.3 Å². The summed E-state index contributed by atoms with van der Waals surface area (Å²) < 4.78 is 43.5. The second kappa shape index (κ2) is 7.10. The zero-order valence-electron chi connectivity index (χ0n) is 11.5. The van der Waals surface area contributed by atoms with E-state index in [2.05, 4.69) is 15.3 Å². The number of anilines is 1. The lowest BCUT2D eigenvalue weighted by molar-refractivity contribution is -0.137. The SMILES string of the molecule is O=C(CCNc1nc(Cl)ncc1C(F)(F)F)N1CCOCC1. The third kappa shape index (κ3) is 4.44. The van der Waals surface area contributed by atoms with Crippen molar-refractivity contribution in [3.8, 4) is 0 Å². The molecular weight excluding hydrogens is 325 g/mol. The average molecular weight is 339 g/mol.